The molecule has 0 amide bonds. The third kappa shape index (κ3) is 3.26. The van der Waals surface area contributed by atoms with Crippen molar-refractivity contribution in [3.05, 3.63) is 39.4 Å². The Balaban J connectivity index is 3.37. The zero-order valence-corrected chi connectivity index (χ0v) is 10.5. The monoisotopic (exact) mass is 270 g/mol. The van der Waals surface area contributed by atoms with Crippen molar-refractivity contribution in [1.29, 1.82) is 5.26 Å². The van der Waals surface area contributed by atoms with Crippen LogP contribution in [0.2, 0.25) is 0 Å². The number of nitro benzene ring substituents is 1. The third-order valence-corrected chi connectivity index (χ3v) is 2.76. The van der Waals surface area contributed by atoms with Crippen LogP contribution in [0.25, 0.3) is 0 Å². The number of nitrogens with zero attached hydrogens (tertiary/aromatic N) is 2. The van der Waals surface area contributed by atoms with E-state index in [-0.39, 0.29) is 16.8 Å². The van der Waals surface area contributed by atoms with E-state index in [9.17, 15) is 18.5 Å². The van der Waals surface area contributed by atoms with Crippen molar-refractivity contribution in [3.63, 3.8) is 0 Å². The van der Waals surface area contributed by atoms with Crippen LogP contribution in [0.3, 0.4) is 0 Å². The van der Waals surface area contributed by atoms with Gasteiger partial charge in [-0.15, -0.1) is 0 Å². The standard InChI is InChI=1S/C10H10N2O5S/c1-7(17-18(2,15)16)10-8(6-11)4-3-5-9(10)12(13)14/h3-5,7H,1-2H3. The molecule has 0 heterocycles. The van der Waals surface area contributed by atoms with E-state index >= 15 is 0 Å². The lowest BCUT2D eigenvalue weighted by atomic mass is 10.0. The number of rotatable bonds is 4. The topological polar surface area (TPSA) is 110 Å². The smallest absolute Gasteiger partial charge is 0.262 e. The highest BCUT2D eigenvalue weighted by Gasteiger charge is 2.25. The van der Waals surface area contributed by atoms with Gasteiger partial charge in [-0.05, 0) is 13.0 Å². The Bertz CT molecular complexity index is 618. The first-order chi connectivity index (χ1) is 8.26. The SMILES string of the molecule is CC(OS(C)(=O)=O)c1c(C#N)cccc1[N+](=O)[O-]. The van der Waals surface area contributed by atoms with Crippen LogP contribution in [0.15, 0.2) is 18.2 Å². The fourth-order valence-corrected chi connectivity index (χ4v) is 2.17. The lowest BCUT2D eigenvalue weighted by Gasteiger charge is -2.12. The molecule has 1 atom stereocenters. The molecule has 1 unspecified atom stereocenters. The summed E-state index contributed by atoms with van der Waals surface area (Å²) < 4.78 is 26.7. The number of benzene rings is 1. The number of nitro groups is 1. The minimum Gasteiger partial charge on any atom is -0.262 e. The summed E-state index contributed by atoms with van der Waals surface area (Å²) in [6, 6.07) is 5.69. The Kier molecular flexibility index (Phi) is 4.00. The molecule has 8 heteroatoms. The zero-order valence-electron chi connectivity index (χ0n) is 9.65. The van der Waals surface area contributed by atoms with Crippen molar-refractivity contribution >= 4 is 15.8 Å². The molecule has 1 rings (SSSR count). The molecule has 1 aromatic carbocycles. The van der Waals surface area contributed by atoms with E-state index < -0.39 is 21.1 Å². The van der Waals surface area contributed by atoms with Crippen LogP contribution >= 0.6 is 0 Å². The van der Waals surface area contributed by atoms with Crippen molar-refractivity contribution in [2.24, 2.45) is 0 Å². The first-order valence-corrected chi connectivity index (χ1v) is 6.63. The lowest BCUT2D eigenvalue weighted by molar-refractivity contribution is -0.386. The van der Waals surface area contributed by atoms with Crippen LogP contribution < -0.4 is 0 Å². The maximum absolute atomic E-state index is 11.0. The second-order valence-electron chi connectivity index (χ2n) is 3.55. The van der Waals surface area contributed by atoms with E-state index in [1.165, 1.54) is 25.1 Å². The van der Waals surface area contributed by atoms with E-state index in [1.807, 2.05) is 0 Å². The normalized spacial score (nSPS) is 12.7. The van der Waals surface area contributed by atoms with Crippen molar-refractivity contribution < 1.29 is 17.5 Å². The predicted molar refractivity (Wildman–Crippen MR) is 62.2 cm³/mol. The van der Waals surface area contributed by atoms with Gasteiger partial charge < -0.3 is 0 Å². The van der Waals surface area contributed by atoms with E-state index in [2.05, 4.69) is 4.18 Å². The van der Waals surface area contributed by atoms with Gasteiger partial charge in [-0.25, -0.2) is 0 Å². The van der Waals surface area contributed by atoms with Crippen LogP contribution in [0.5, 0.6) is 0 Å². The molecule has 0 saturated carbocycles. The highest BCUT2D eigenvalue weighted by molar-refractivity contribution is 7.86. The second kappa shape index (κ2) is 5.12. The van der Waals surface area contributed by atoms with Crippen molar-refractivity contribution in [2.75, 3.05) is 6.26 Å². The van der Waals surface area contributed by atoms with Gasteiger partial charge in [-0.3, -0.25) is 14.3 Å². The zero-order chi connectivity index (χ0) is 13.9. The molecule has 0 radical (unpaired) electrons. The first kappa shape index (κ1) is 14.1. The van der Waals surface area contributed by atoms with Gasteiger partial charge in [-0.1, -0.05) is 6.07 Å². The molecule has 0 bridgehead atoms. The molecular weight excluding hydrogens is 260 g/mol. The summed E-state index contributed by atoms with van der Waals surface area (Å²) in [7, 11) is -3.77. The van der Waals surface area contributed by atoms with E-state index in [1.54, 1.807) is 6.07 Å². The Morgan fingerprint density at radius 3 is 2.56 bits per heavy atom. The van der Waals surface area contributed by atoms with Gasteiger partial charge in [0.05, 0.1) is 28.4 Å². The van der Waals surface area contributed by atoms with Gasteiger partial charge in [0.15, 0.2) is 0 Å². The Labute approximate surface area is 104 Å². The molecular formula is C10H10N2O5S. The van der Waals surface area contributed by atoms with Crippen LogP contribution in [-0.2, 0) is 14.3 Å². The average molecular weight is 270 g/mol. The van der Waals surface area contributed by atoms with Crippen LogP contribution in [0.4, 0.5) is 5.69 Å². The lowest BCUT2D eigenvalue weighted by Crippen LogP contribution is -2.11. The van der Waals surface area contributed by atoms with Crippen molar-refractivity contribution in [1.82, 2.24) is 0 Å². The molecule has 0 N–H and O–H groups in total. The molecule has 96 valence electrons. The van der Waals surface area contributed by atoms with Gasteiger partial charge in [0.2, 0.25) is 0 Å². The number of hydrogen-bond acceptors (Lipinski definition) is 6. The van der Waals surface area contributed by atoms with Crippen molar-refractivity contribution in [2.45, 2.75) is 13.0 Å². The van der Waals surface area contributed by atoms with Gasteiger partial charge in [0.25, 0.3) is 15.8 Å². The molecule has 0 aromatic heterocycles. The van der Waals surface area contributed by atoms with Gasteiger partial charge in [0, 0.05) is 6.07 Å². The van der Waals surface area contributed by atoms with E-state index in [4.69, 9.17) is 5.26 Å². The average Bonchev–Trinajstić information content (AvgIpc) is 2.25. The van der Waals surface area contributed by atoms with Crippen LogP contribution in [0, 0.1) is 21.4 Å². The number of nitriles is 1. The summed E-state index contributed by atoms with van der Waals surface area (Å²) in [5.41, 5.74) is -0.374. The quantitative estimate of drug-likeness (QED) is 0.465. The molecule has 0 aliphatic carbocycles. The fourth-order valence-electron chi connectivity index (χ4n) is 1.55. The summed E-state index contributed by atoms with van der Waals surface area (Å²) in [4.78, 5) is 10.2. The minimum absolute atomic E-state index is 0.0142. The second-order valence-corrected chi connectivity index (χ2v) is 5.15. The van der Waals surface area contributed by atoms with E-state index in [0.717, 1.165) is 6.26 Å². The van der Waals surface area contributed by atoms with Crippen LogP contribution in [0.1, 0.15) is 24.2 Å². The largest absolute Gasteiger partial charge is 0.276 e. The summed E-state index contributed by atoms with van der Waals surface area (Å²) in [5.74, 6) is 0. The highest BCUT2D eigenvalue weighted by Crippen LogP contribution is 2.31. The van der Waals surface area contributed by atoms with Crippen molar-refractivity contribution in [3.8, 4) is 6.07 Å². The first-order valence-electron chi connectivity index (χ1n) is 4.82. The highest BCUT2D eigenvalue weighted by atomic mass is 32.2. The molecule has 7 nitrogen and oxygen atoms in total. The fraction of sp³-hybridized carbons (Fsp3) is 0.300. The summed E-state index contributed by atoms with van der Waals surface area (Å²) in [5, 5.41) is 19.7. The molecule has 0 spiro atoms. The van der Waals surface area contributed by atoms with Gasteiger partial charge in [-0.2, -0.15) is 13.7 Å². The maximum atomic E-state index is 11.0. The summed E-state index contributed by atoms with van der Waals surface area (Å²) >= 11 is 0. The molecule has 0 aliphatic rings. The number of hydrogen-bond donors (Lipinski definition) is 0. The Hall–Kier alpha value is -1.98. The Morgan fingerprint density at radius 1 is 1.50 bits per heavy atom. The Morgan fingerprint density at radius 2 is 2.11 bits per heavy atom. The predicted octanol–water partition coefficient (Wildman–Crippen LogP) is 1.50. The maximum Gasteiger partial charge on any atom is 0.276 e. The molecule has 1 aromatic rings. The minimum atomic E-state index is -3.77. The summed E-state index contributed by atoms with van der Waals surface area (Å²) in [6.45, 7) is 1.34. The van der Waals surface area contributed by atoms with Gasteiger partial charge in [0.1, 0.15) is 6.10 Å². The summed E-state index contributed by atoms with van der Waals surface area (Å²) in [6.07, 6.45) is -0.263. The third-order valence-electron chi connectivity index (χ3n) is 2.13. The van der Waals surface area contributed by atoms with Crippen LogP contribution in [-0.4, -0.2) is 19.6 Å². The molecule has 0 saturated heterocycles. The molecule has 18 heavy (non-hydrogen) atoms. The van der Waals surface area contributed by atoms with Gasteiger partial charge >= 0.3 is 0 Å². The van der Waals surface area contributed by atoms with E-state index in [0.29, 0.717) is 0 Å². The molecule has 0 fully saturated rings. The molecule has 0 aliphatic heterocycles.